The molecule has 1 aliphatic heterocycles. The van der Waals surface area contributed by atoms with Crippen LogP contribution < -0.4 is 10.6 Å². The molecular weight excluding hydrogens is 286 g/mol. The predicted octanol–water partition coefficient (Wildman–Crippen LogP) is 2.39. The molecule has 1 fully saturated rings. The first-order valence-electron chi connectivity index (χ1n) is 7.96. The van der Waals surface area contributed by atoms with E-state index in [4.69, 9.17) is 5.73 Å². The van der Waals surface area contributed by atoms with Crippen molar-refractivity contribution in [2.24, 2.45) is 5.73 Å². The Kier molecular flexibility index (Phi) is 7.68. The van der Waals surface area contributed by atoms with Crippen LogP contribution in [0.3, 0.4) is 0 Å². The van der Waals surface area contributed by atoms with E-state index < -0.39 is 12.5 Å². The molecule has 1 aromatic rings. The van der Waals surface area contributed by atoms with Crippen LogP contribution in [0.4, 0.5) is 14.6 Å². The first-order valence-corrected chi connectivity index (χ1v) is 7.96. The van der Waals surface area contributed by atoms with Crippen LogP contribution in [0.15, 0.2) is 18.3 Å². The highest BCUT2D eigenvalue weighted by Crippen LogP contribution is 2.20. The van der Waals surface area contributed by atoms with Gasteiger partial charge in [0.1, 0.15) is 5.82 Å². The summed E-state index contributed by atoms with van der Waals surface area (Å²) in [5.41, 5.74) is 5.86. The van der Waals surface area contributed by atoms with E-state index in [0.29, 0.717) is 6.42 Å². The Balaban J connectivity index is 0.00000116. The molecule has 0 bridgehead atoms. The lowest BCUT2D eigenvalue weighted by Crippen LogP contribution is -2.44. The molecule has 2 N–H and O–H groups in total. The molecular formula is C16H28F2N4. The largest absolute Gasteiger partial charge is 0.354 e. The van der Waals surface area contributed by atoms with Crippen molar-refractivity contribution in [3.05, 3.63) is 23.9 Å². The number of nitrogens with two attached hydrogens (primary N) is 1. The zero-order valence-corrected chi connectivity index (χ0v) is 13.9. The van der Waals surface area contributed by atoms with Crippen molar-refractivity contribution in [1.82, 2.24) is 9.88 Å². The van der Waals surface area contributed by atoms with Gasteiger partial charge in [0.05, 0.1) is 6.54 Å². The molecule has 0 amide bonds. The van der Waals surface area contributed by atoms with Crippen LogP contribution in [0.5, 0.6) is 0 Å². The molecule has 1 saturated heterocycles. The summed E-state index contributed by atoms with van der Waals surface area (Å²) in [6.45, 7) is 7.35. The maximum absolute atomic E-state index is 13.1. The normalized spacial score (nSPS) is 16.2. The molecule has 0 spiro atoms. The number of halogens is 2. The Morgan fingerprint density at radius 3 is 2.32 bits per heavy atom. The smallest absolute Gasteiger partial charge is 0.260 e. The van der Waals surface area contributed by atoms with Crippen LogP contribution in [-0.2, 0) is 6.42 Å². The molecule has 0 aliphatic carbocycles. The van der Waals surface area contributed by atoms with E-state index in [1.807, 2.05) is 26.0 Å². The van der Waals surface area contributed by atoms with Gasteiger partial charge in [-0.25, -0.2) is 13.8 Å². The van der Waals surface area contributed by atoms with Crippen molar-refractivity contribution >= 4 is 5.82 Å². The fourth-order valence-corrected chi connectivity index (χ4v) is 2.22. The summed E-state index contributed by atoms with van der Waals surface area (Å²) in [4.78, 5) is 8.88. The van der Waals surface area contributed by atoms with Gasteiger partial charge in [-0.05, 0) is 25.1 Å². The number of anilines is 1. The van der Waals surface area contributed by atoms with Gasteiger partial charge in [0.25, 0.3) is 5.92 Å². The minimum atomic E-state index is -2.78. The van der Waals surface area contributed by atoms with Crippen LogP contribution in [0.1, 0.15) is 25.8 Å². The number of nitrogens with zero attached hydrogens (tertiary/aromatic N) is 3. The Morgan fingerprint density at radius 1 is 1.18 bits per heavy atom. The third kappa shape index (κ3) is 5.85. The quantitative estimate of drug-likeness (QED) is 0.906. The van der Waals surface area contributed by atoms with Gasteiger partial charge in [0.15, 0.2) is 0 Å². The standard InChI is InChI=1S/C14H22F2N4.C2H6/c1-19-6-8-20(9-7-19)13-3-2-12(10-18-13)4-5-14(15,16)11-17;1-2/h2-3,10H,4-9,11,17H2,1H3;1-2H3. The summed E-state index contributed by atoms with van der Waals surface area (Å²) in [7, 11) is 2.10. The SMILES string of the molecule is CC.CN1CCN(c2ccc(CCC(F)(F)CN)cn2)CC1. The lowest BCUT2D eigenvalue weighted by molar-refractivity contribution is 0.00245. The highest BCUT2D eigenvalue weighted by Gasteiger charge is 2.26. The molecule has 126 valence electrons. The molecule has 0 atom stereocenters. The second-order valence-corrected chi connectivity index (χ2v) is 5.38. The van der Waals surface area contributed by atoms with E-state index in [0.717, 1.165) is 37.6 Å². The van der Waals surface area contributed by atoms with Crippen LogP contribution in [-0.4, -0.2) is 55.6 Å². The Morgan fingerprint density at radius 2 is 1.82 bits per heavy atom. The summed E-state index contributed by atoms with van der Waals surface area (Å²) in [6, 6.07) is 3.80. The van der Waals surface area contributed by atoms with Gasteiger partial charge < -0.3 is 15.5 Å². The third-order valence-corrected chi connectivity index (χ3v) is 3.71. The molecule has 22 heavy (non-hydrogen) atoms. The van der Waals surface area contributed by atoms with Gasteiger partial charge in [-0.3, -0.25) is 0 Å². The van der Waals surface area contributed by atoms with Crippen LogP contribution in [0.25, 0.3) is 0 Å². The zero-order valence-electron chi connectivity index (χ0n) is 13.9. The monoisotopic (exact) mass is 314 g/mol. The van der Waals surface area contributed by atoms with Crippen LogP contribution in [0.2, 0.25) is 0 Å². The summed E-state index contributed by atoms with van der Waals surface area (Å²) >= 11 is 0. The van der Waals surface area contributed by atoms with Crippen molar-refractivity contribution in [1.29, 1.82) is 0 Å². The maximum Gasteiger partial charge on any atom is 0.260 e. The van der Waals surface area contributed by atoms with E-state index in [9.17, 15) is 8.78 Å². The van der Waals surface area contributed by atoms with Crippen molar-refractivity contribution in [3.8, 4) is 0 Å². The molecule has 0 unspecified atom stereocenters. The number of hydrogen-bond donors (Lipinski definition) is 1. The van der Waals surface area contributed by atoms with E-state index in [1.165, 1.54) is 0 Å². The number of alkyl halides is 2. The van der Waals surface area contributed by atoms with E-state index in [1.54, 1.807) is 6.20 Å². The molecule has 0 saturated carbocycles. The van der Waals surface area contributed by atoms with Gasteiger partial charge in [-0.1, -0.05) is 19.9 Å². The second-order valence-electron chi connectivity index (χ2n) is 5.38. The molecule has 2 rings (SSSR count). The van der Waals surface area contributed by atoms with E-state index >= 15 is 0 Å². The first kappa shape index (κ1) is 18.8. The lowest BCUT2D eigenvalue weighted by Gasteiger charge is -2.33. The number of hydrogen-bond acceptors (Lipinski definition) is 4. The number of aromatic nitrogens is 1. The fourth-order valence-electron chi connectivity index (χ4n) is 2.22. The number of aryl methyl sites for hydroxylation is 1. The highest BCUT2D eigenvalue weighted by atomic mass is 19.3. The highest BCUT2D eigenvalue weighted by molar-refractivity contribution is 5.39. The molecule has 4 nitrogen and oxygen atoms in total. The molecule has 0 aromatic carbocycles. The van der Waals surface area contributed by atoms with Crippen molar-refractivity contribution in [2.75, 3.05) is 44.7 Å². The Labute approximate surface area is 132 Å². The number of rotatable bonds is 5. The van der Waals surface area contributed by atoms with Gasteiger partial charge in [-0.15, -0.1) is 0 Å². The van der Waals surface area contributed by atoms with Gasteiger partial charge >= 0.3 is 0 Å². The Hall–Kier alpha value is -1.27. The van der Waals surface area contributed by atoms with Crippen molar-refractivity contribution < 1.29 is 8.78 Å². The molecule has 6 heteroatoms. The average Bonchev–Trinajstić information content (AvgIpc) is 2.56. The second kappa shape index (κ2) is 9.00. The average molecular weight is 314 g/mol. The van der Waals surface area contributed by atoms with Crippen molar-refractivity contribution in [2.45, 2.75) is 32.6 Å². The summed E-state index contributed by atoms with van der Waals surface area (Å²) < 4.78 is 26.2. The van der Waals surface area contributed by atoms with Crippen molar-refractivity contribution in [3.63, 3.8) is 0 Å². The summed E-state index contributed by atoms with van der Waals surface area (Å²) in [6.07, 6.45) is 1.78. The number of piperazine rings is 1. The van der Waals surface area contributed by atoms with Gasteiger partial charge in [0.2, 0.25) is 0 Å². The summed E-state index contributed by atoms with van der Waals surface area (Å²) in [5, 5.41) is 0. The van der Waals surface area contributed by atoms with Crippen LogP contribution in [0, 0.1) is 0 Å². The van der Waals surface area contributed by atoms with Gasteiger partial charge in [-0.2, -0.15) is 0 Å². The number of likely N-dealkylation sites (N-methyl/N-ethyl adjacent to an activating group) is 1. The fraction of sp³-hybridized carbons (Fsp3) is 0.688. The minimum Gasteiger partial charge on any atom is -0.354 e. The van der Waals surface area contributed by atoms with E-state index in [2.05, 4.69) is 21.8 Å². The Bertz CT molecular complexity index is 415. The summed E-state index contributed by atoms with van der Waals surface area (Å²) in [5.74, 6) is -1.86. The van der Waals surface area contributed by atoms with E-state index in [-0.39, 0.29) is 6.42 Å². The van der Waals surface area contributed by atoms with Gasteiger partial charge in [0, 0.05) is 38.8 Å². The zero-order chi connectivity index (χ0) is 16.6. The number of pyridine rings is 1. The topological polar surface area (TPSA) is 45.4 Å². The first-order chi connectivity index (χ1) is 10.5. The molecule has 0 radical (unpaired) electrons. The molecule has 1 aliphatic rings. The predicted molar refractivity (Wildman–Crippen MR) is 87.6 cm³/mol. The third-order valence-electron chi connectivity index (χ3n) is 3.71. The lowest BCUT2D eigenvalue weighted by atomic mass is 10.1. The molecule has 1 aromatic heterocycles. The molecule has 2 heterocycles. The van der Waals surface area contributed by atoms with Crippen LogP contribution >= 0.6 is 0 Å². The maximum atomic E-state index is 13.1. The minimum absolute atomic E-state index is 0.223.